The summed E-state index contributed by atoms with van der Waals surface area (Å²) in [5, 5.41) is 3.87. The van der Waals surface area contributed by atoms with Gasteiger partial charge in [0.05, 0.1) is 12.8 Å². The zero-order valence-electron chi connectivity index (χ0n) is 13.1. The van der Waals surface area contributed by atoms with Gasteiger partial charge in [-0.1, -0.05) is 24.9 Å². The van der Waals surface area contributed by atoms with E-state index < -0.39 is 0 Å². The third-order valence-electron chi connectivity index (χ3n) is 3.32. The SMILES string of the molecule is CCCCN(C)c1cc(Nc2cc(Cl)ccc2OC)ncn1. The molecular weight excluding hydrogens is 300 g/mol. The molecule has 0 aliphatic rings. The van der Waals surface area contributed by atoms with Crippen molar-refractivity contribution < 1.29 is 4.74 Å². The number of aromatic nitrogens is 2. The van der Waals surface area contributed by atoms with E-state index in [-0.39, 0.29) is 0 Å². The summed E-state index contributed by atoms with van der Waals surface area (Å²) >= 11 is 6.04. The summed E-state index contributed by atoms with van der Waals surface area (Å²) in [6, 6.07) is 7.33. The summed E-state index contributed by atoms with van der Waals surface area (Å²) in [4.78, 5) is 10.7. The van der Waals surface area contributed by atoms with Crippen LogP contribution in [0.1, 0.15) is 19.8 Å². The van der Waals surface area contributed by atoms with Crippen LogP contribution in [0.4, 0.5) is 17.3 Å². The first-order valence-electron chi connectivity index (χ1n) is 7.27. The molecule has 0 bridgehead atoms. The van der Waals surface area contributed by atoms with Crippen LogP contribution in [-0.2, 0) is 0 Å². The Balaban J connectivity index is 2.18. The molecule has 1 heterocycles. The third-order valence-corrected chi connectivity index (χ3v) is 3.55. The Hall–Kier alpha value is -2.01. The van der Waals surface area contributed by atoms with Gasteiger partial charge in [0.25, 0.3) is 0 Å². The van der Waals surface area contributed by atoms with Crippen molar-refractivity contribution in [2.75, 3.05) is 30.9 Å². The maximum absolute atomic E-state index is 6.04. The number of hydrogen-bond donors (Lipinski definition) is 1. The van der Waals surface area contributed by atoms with Crippen molar-refractivity contribution in [1.82, 2.24) is 9.97 Å². The monoisotopic (exact) mass is 320 g/mol. The van der Waals surface area contributed by atoms with Crippen LogP contribution in [0.2, 0.25) is 5.02 Å². The van der Waals surface area contributed by atoms with Gasteiger partial charge in [-0.05, 0) is 24.6 Å². The molecule has 2 rings (SSSR count). The van der Waals surface area contributed by atoms with Crippen LogP contribution in [0.5, 0.6) is 5.75 Å². The summed E-state index contributed by atoms with van der Waals surface area (Å²) in [6.07, 6.45) is 3.84. The van der Waals surface area contributed by atoms with Gasteiger partial charge in [0.2, 0.25) is 0 Å². The summed E-state index contributed by atoms with van der Waals surface area (Å²) in [5.74, 6) is 2.30. The number of nitrogens with one attached hydrogen (secondary N) is 1. The van der Waals surface area contributed by atoms with Crippen molar-refractivity contribution in [3.63, 3.8) is 0 Å². The van der Waals surface area contributed by atoms with Gasteiger partial charge in [-0.15, -0.1) is 0 Å². The molecular formula is C16H21ClN4O. The van der Waals surface area contributed by atoms with Crippen molar-refractivity contribution in [3.05, 3.63) is 35.6 Å². The van der Waals surface area contributed by atoms with Crippen LogP contribution in [0.3, 0.4) is 0 Å². The molecule has 0 saturated carbocycles. The molecule has 1 N–H and O–H groups in total. The predicted octanol–water partition coefficient (Wildman–Crippen LogP) is 4.12. The summed E-state index contributed by atoms with van der Waals surface area (Å²) < 4.78 is 5.33. The van der Waals surface area contributed by atoms with E-state index in [0.717, 1.165) is 30.9 Å². The van der Waals surface area contributed by atoms with Gasteiger partial charge in [-0.2, -0.15) is 0 Å². The summed E-state index contributed by atoms with van der Waals surface area (Å²) in [5.41, 5.74) is 0.774. The van der Waals surface area contributed by atoms with E-state index in [1.165, 1.54) is 0 Å². The third kappa shape index (κ3) is 4.24. The van der Waals surface area contributed by atoms with E-state index in [0.29, 0.717) is 16.6 Å². The molecule has 2 aromatic rings. The molecule has 0 aliphatic carbocycles. The maximum atomic E-state index is 6.04. The van der Waals surface area contributed by atoms with E-state index >= 15 is 0 Å². The topological polar surface area (TPSA) is 50.3 Å². The van der Waals surface area contributed by atoms with Crippen LogP contribution < -0.4 is 15.0 Å². The molecule has 118 valence electrons. The number of nitrogens with zero attached hydrogens (tertiary/aromatic N) is 3. The predicted molar refractivity (Wildman–Crippen MR) is 91.5 cm³/mol. The average molecular weight is 321 g/mol. The van der Waals surface area contributed by atoms with Gasteiger partial charge in [-0.25, -0.2) is 9.97 Å². The highest BCUT2D eigenvalue weighted by Gasteiger charge is 2.08. The van der Waals surface area contributed by atoms with E-state index in [1.54, 1.807) is 19.5 Å². The zero-order valence-corrected chi connectivity index (χ0v) is 13.9. The Morgan fingerprint density at radius 3 is 2.82 bits per heavy atom. The quantitative estimate of drug-likeness (QED) is 0.831. The minimum Gasteiger partial charge on any atom is -0.495 e. The van der Waals surface area contributed by atoms with Crippen molar-refractivity contribution in [1.29, 1.82) is 0 Å². The van der Waals surface area contributed by atoms with Crippen molar-refractivity contribution in [3.8, 4) is 5.75 Å². The molecule has 6 heteroatoms. The van der Waals surface area contributed by atoms with E-state index in [2.05, 4.69) is 27.1 Å². The number of unbranched alkanes of at least 4 members (excludes halogenated alkanes) is 1. The summed E-state index contributed by atoms with van der Waals surface area (Å²) in [7, 11) is 3.65. The number of anilines is 3. The molecule has 0 spiro atoms. The summed E-state index contributed by atoms with van der Waals surface area (Å²) in [6.45, 7) is 3.14. The molecule has 0 unspecified atom stereocenters. The molecule has 0 aliphatic heterocycles. The van der Waals surface area contributed by atoms with Crippen molar-refractivity contribution in [2.45, 2.75) is 19.8 Å². The van der Waals surface area contributed by atoms with Gasteiger partial charge in [0.1, 0.15) is 23.7 Å². The number of halogens is 1. The number of benzene rings is 1. The fourth-order valence-electron chi connectivity index (χ4n) is 2.05. The second kappa shape index (κ2) is 7.84. The Morgan fingerprint density at radius 1 is 1.27 bits per heavy atom. The van der Waals surface area contributed by atoms with Gasteiger partial charge in [-0.3, -0.25) is 0 Å². The smallest absolute Gasteiger partial charge is 0.142 e. The Labute approximate surface area is 136 Å². The molecule has 1 aromatic carbocycles. The van der Waals surface area contributed by atoms with Gasteiger partial charge in [0, 0.05) is 24.7 Å². The fraction of sp³-hybridized carbons (Fsp3) is 0.375. The molecule has 1 aromatic heterocycles. The lowest BCUT2D eigenvalue weighted by Crippen LogP contribution is -2.19. The number of rotatable bonds is 7. The van der Waals surface area contributed by atoms with Crippen LogP contribution in [0.25, 0.3) is 0 Å². The van der Waals surface area contributed by atoms with E-state index in [9.17, 15) is 0 Å². The Kier molecular flexibility index (Phi) is 5.83. The Morgan fingerprint density at radius 2 is 2.09 bits per heavy atom. The first-order valence-corrected chi connectivity index (χ1v) is 7.65. The van der Waals surface area contributed by atoms with Crippen LogP contribution in [-0.4, -0.2) is 30.7 Å². The molecule has 0 atom stereocenters. The first kappa shape index (κ1) is 16.4. The zero-order chi connectivity index (χ0) is 15.9. The molecule has 5 nitrogen and oxygen atoms in total. The minimum absolute atomic E-state index is 0.637. The second-order valence-electron chi connectivity index (χ2n) is 5.01. The van der Waals surface area contributed by atoms with Crippen LogP contribution in [0.15, 0.2) is 30.6 Å². The van der Waals surface area contributed by atoms with Crippen molar-refractivity contribution in [2.24, 2.45) is 0 Å². The van der Waals surface area contributed by atoms with Gasteiger partial charge < -0.3 is 15.0 Å². The maximum Gasteiger partial charge on any atom is 0.142 e. The lowest BCUT2D eigenvalue weighted by atomic mass is 10.3. The number of ether oxygens (including phenoxy) is 1. The number of hydrogen-bond acceptors (Lipinski definition) is 5. The number of methoxy groups -OCH3 is 1. The highest BCUT2D eigenvalue weighted by Crippen LogP contribution is 2.30. The Bertz CT molecular complexity index is 621. The highest BCUT2D eigenvalue weighted by atomic mass is 35.5. The highest BCUT2D eigenvalue weighted by molar-refractivity contribution is 6.31. The average Bonchev–Trinajstić information content (AvgIpc) is 2.53. The van der Waals surface area contributed by atoms with Gasteiger partial charge >= 0.3 is 0 Å². The lowest BCUT2D eigenvalue weighted by Gasteiger charge is -2.18. The van der Waals surface area contributed by atoms with Crippen LogP contribution >= 0.6 is 11.6 Å². The van der Waals surface area contributed by atoms with E-state index in [4.69, 9.17) is 16.3 Å². The van der Waals surface area contributed by atoms with E-state index in [1.807, 2.05) is 25.2 Å². The molecule has 0 radical (unpaired) electrons. The normalized spacial score (nSPS) is 10.4. The molecule has 0 amide bonds. The van der Waals surface area contributed by atoms with Gasteiger partial charge in [0.15, 0.2) is 0 Å². The standard InChI is InChI=1S/C16H21ClN4O/c1-4-5-8-21(2)16-10-15(18-11-19-16)20-13-9-12(17)6-7-14(13)22-3/h6-7,9-11H,4-5,8H2,1-3H3,(H,18,19,20). The second-order valence-corrected chi connectivity index (χ2v) is 5.44. The van der Waals surface area contributed by atoms with Crippen LogP contribution in [0, 0.1) is 0 Å². The lowest BCUT2D eigenvalue weighted by molar-refractivity contribution is 0.417. The largest absolute Gasteiger partial charge is 0.495 e. The minimum atomic E-state index is 0.637. The molecule has 22 heavy (non-hydrogen) atoms. The molecule has 0 fully saturated rings. The fourth-order valence-corrected chi connectivity index (χ4v) is 2.22. The molecule has 0 saturated heterocycles. The van der Waals surface area contributed by atoms with Crippen molar-refractivity contribution >= 4 is 28.9 Å². The first-order chi connectivity index (χ1) is 10.6.